The Bertz CT molecular complexity index is 1460. The first-order valence-corrected chi connectivity index (χ1v) is 12.1. The molecule has 5 rings (SSSR count). The van der Waals surface area contributed by atoms with Crippen molar-refractivity contribution in [3.05, 3.63) is 101 Å². The molecule has 0 bridgehead atoms. The Hall–Kier alpha value is -4.17. The number of carbonyl (C=O) groups is 1. The molecular formula is C27H24N6OS. The number of hydrogen-bond acceptors (Lipinski definition) is 6. The molecule has 0 fully saturated rings. The average molecular weight is 481 g/mol. The maximum atomic E-state index is 13.7. The Morgan fingerprint density at radius 1 is 0.943 bits per heavy atom. The van der Waals surface area contributed by atoms with E-state index in [2.05, 4.69) is 52.8 Å². The summed E-state index contributed by atoms with van der Waals surface area (Å²) in [5, 5.41) is 13.9. The zero-order valence-electron chi connectivity index (χ0n) is 19.7. The number of aryl methyl sites for hydroxylation is 3. The quantitative estimate of drug-likeness (QED) is 0.315. The molecule has 8 heteroatoms. The Morgan fingerprint density at radius 2 is 1.69 bits per heavy atom. The normalized spacial score (nSPS) is 10.9. The summed E-state index contributed by atoms with van der Waals surface area (Å²) < 4.78 is 1.58. The standard InChI is InChI=1S/C27H24N6OS/c1-18-5-10-22(11-6-18)24-16-35-27(29-24)33(25-14-19(2)4-7-20(25)3)26(34)15-21-8-12-23(13-9-21)32-17-28-30-31-32/h4-14,16-17H,15H2,1-3H3. The molecule has 2 aromatic heterocycles. The highest BCUT2D eigenvalue weighted by Gasteiger charge is 2.23. The number of rotatable bonds is 6. The van der Waals surface area contributed by atoms with Gasteiger partial charge in [-0.3, -0.25) is 9.69 Å². The Kier molecular flexibility index (Phi) is 6.20. The van der Waals surface area contributed by atoms with E-state index in [1.54, 1.807) is 9.58 Å². The van der Waals surface area contributed by atoms with Crippen LogP contribution < -0.4 is 4.90 Å². The number of nitrogens with zero attached hydrogens (tertiary/aromatic N) is 6. The Balaban J connectivity index is 1.48. The van der Waals surface area contributed by atoms with E-state index in [0.717, 1.165) is 39.3 Å². The minimum absolute atomic E-state index is 0.0429. The molecule has 0 atom stereocenters. The molecular weight excluding hydrogens is 456 g/mol. The lowest BCUT2D eigenvalue weighted by Crippen LogP contribution is -2.28. The van der Waals surface area contributed by atoms with Crippen molar-refractivity contribution < 1.29 is 4.79 Å². The van der Waals surface area contributed by atoms with Crippen LogP contribution in [0, 0.1) is 20.8 Å². The molecule has 0 N–H and O–H groups in total. The van der Waals surface area contributed by atoms with Gasteiger partial charge < -0.3 is 0 Å². The highest BCUT2D eigenvalue weighted by molar-refractivity contribution is 7.14. The van der Waals surface area contributed by atoms with Gasteiger partial charge in [0.15, 0.2) is 5.13 Å². The number of carbonyl (C=O) groups excluding carboxylic acids is 1. The third-order valence-electron chi connectivity index (χ3n) is 5.79. The number of benzene rings is 3. The molecule has 0 aliphatic heterocycles. The fourth-order valence-electron chi connectivity index (χ4n) is 3.83. The van der Waals surface area contributed by atoms with Crippen LogP contribution in [0.5, 0.6) is 0 Å². The molecule has 0 unspecified atom stereocenters. The van der Waals surface area contributed by atoms with Gasteiger partial charge in [-0.1, -0.05) is 54.1 Å². The number of aromatic nitrogens is 5. The van der Waals surface area contributed by atoms with Crippen molar-refractivity contribution in [2.24, 2.45) is 0 Å². The third kappa shape index (κ3) is 4.88. The van der Waals surface area contributed by atoms with E-state index < -0.39 is 0 Å². The molecule has 35 heavy (non-hydrogen) atoms. The van der Waals surface area contributed by atoms with Crippen LogP contribution in [0.4, 0.5) is 10.8 Å². The third-order valence-corrected chi connectivity index (χ3v) is 6.62. The number of anilines is 2. The van der Waals surface area contributed by atoms with Crippen LogP contribution in [-0.2, 0) is 11.2 Å². The molecule has 7 nitrogen and oxygen atoms in total. The van der Waals surface area contributed by atoms with Gasteiger partial charge in [-0.05, 0) is 66.1 Å². The summed E-state index contributed by atoms with van der Waals surface area (Å²) in [5.74, 6) is -0.0429. The minimum Gasteiger partial charge on any atom is -0.274 e. The van der Waals surface area contributed by atoms with E-state index >= 15 is 0 Å². The van der Waals surface area contributed by atoms with E-state index in [4.69, 9.17) is 4.98 Å². The van der Waals surface area contributed by atoms with Gasteiger partial charge in [0.2, 0.25) is 5.91 Å². The number of hydrogen-bond donors (Lipinski definition) is 0. The summed E-state index contributed by atoms with van der Waals surface area (Å²) in [7, 11) is 0. The van der Waals surface area contributed by atoms with Crippen molar-refractivity contribution in [2.75, 3.05) is 4.90 Å². The van der Waals surface area contributed by atoms with Crippen LogP contribution in [0.25, 0.3) is 16.9 Å². The van der Waals surface area contributed by atoms with Gasteiger partial charge in [-0.25, -0.2) is 9.67 Å². The van der Waals surface area contributed by atoms with Crippen molar-refractivity contribution in [2.45, 2.75) is 27.2 Å². The molecule has 0 radical (unpaired) electrons. The number of amides is 1. The summed E-state index contributed by atoms with van der Waals surface area (Å²) in [6.45, 7) is 6.11. The largest absolute Gasteiger partial charge is 0.274 e. The monoisotopic (exact) mass is 480 g/mol. The molecule has 3 aromatic carbocycles. The van der Waals surface area contributed by atoms with Crippen molar-refractivity contribution in [3.63, 3.8) is 0 Å². The summed E-state index contributed by atoms with van der Waals surface area (Å²) >= 11 is 1.47. The predicted molar refractivity (Wildman–Crippen MR) is 138 cm³/mol. The van der Waals surface area contributed by atoms with Gasteiger partial charge in [0.1, 0.15) is 6.33 Å². The van der Waals surface area contributed by atoms with Gasteiger partial charge in [0.25, 0.3) is 0 Å². The summed E-state index contributed by atoms with van der Waals surface area (Å²) in [5.41, 5.74) is 7.78. The van der Waals surface area contributed by atoms with Gasteiger partial charge in [-0.15, -0.1) is 16.4 Å². The SMILES string of the molecule is Cc1ccc(-c2csc(N(C(=O)Cc3ccc(-n4cnnn4)cc3)c3cc(C)ccc3C)n2)cc1. The number of thiazole rings is 1. The molecule has 174 valence electrons. The average Bonchev–Trinajstić information content (AvgIpc) is 3.56. The number of tetrazole rings is 1. The van der Waals surface area contributed by atoms with E-state index in [1.807, 2.05) is 55.6 Å². The van der Waals surface area contributed by atoms with E-state index in [0.29, 0.717) is 5.13 Å². The molecule has 0 spiro atoms. The zero-order chi connectivity index (χ0) is 24.4. The summed E-state index contributed by atoms with van der Waals surface area (Å²) in [6, 6.07) is 22.1. The lowest BCUT2D eigenvalue weighted by Gasteiger charge is -2.22. The molecule has 0 aliphatic carbocycles. The Labute approximate surface area is 207 Å². The first-order valence-electron chi connectivity index (χ1n) is 11.2. The van der Waals surface area contributed by atoms with Crippen LogP contribution in [0.15, 0.2) is 78.4 Å². The topological polar surface area (TPSA) is 76.8 Å². The summed E-state index contributed by atoms with van der Waals surface area (Å²) in [6.07, 6.45) is 1.78. The molecule has 0 saturated heterocycles. The zero-order valence-corrected chi connectivity index (χ0v) is 20.5. The van der Waals surface area contributed by atoms with Crippen molar-refractivity contribution in [3.8, 4) is 16.9 Å². The second kappa shape index (κ2) is 9.60. The molecule has 1 amide bonds. The van der Waals surface area contributed by atoms with E-state index in [9.17, 15) is 4.79 Å². The van der Waals surface area contributed by atoms with Crippen molar-refractivity contribution in [1.82, 2.24) is 25.2 Å². The first-order chi connectivity index (χ1) is 17.0. The smallest absolute Gasteiger partial charge is 0.237 e. The van der Waals surface area contributed by atoms with Crippen LogP contribution in [0.1, 0.15) is 22.3 Å². The fraction of sp³-hybridized carbons (Fsp3) is 0.148. The van der Waals surface area contributed by atoms with Crippen molar-refractivity contribution >= 4 is 28.1 Å². The molecule has 0 aliphatic rings. The highest BCUT2D eigenvalue weighted by atomic mass is 32.1. The second-order valence-electron chi connectivity index (χ2n) is 8.50. The van der Waals surface area contributed by atoms with E-state index in [1.165, 1.54) is 23.2 Å². The van der Waals surface area contributed by atoms with Crippen LogP contribution in [0.3, 0.4) is 0 Å². The predicted octanol–water partition coefficient (Wildman–Crippen LogP) is 5.62. The first kappa shape index (κ1) is 22.6. The molecule has 5 aromatic rings. The van der Waals surface area contributed by atoms with Gasteiger partial charge in [0.05, 0.1) is 23.5 Å². The van der Waals surface area contributed by atoms with E-state index in [-0.39, 0.29) is 12.3 Å². The fourth-order valence-corrected chi connectivity index (χ4v) is 4.69. The maximum absolute atomic E-state index is 13.7. The van der Waals surface area contributed by atoms with Crippen molar-refractivity contribution in [1.29, 1.82) is 0 Å². The molecule has 0 saturated carbocycles. The van der Waals surface area contributed by atoms with Gasteiger partial charge >= 0.3 is 0 Å². The summed E-state index contributed by atoms with van der Waals surface area (Å²) in [4.78, 5) is 20.4. The Morgan fingerprint density at radius 3 is 2.40 bits per heavy atom. The van der Waals surface area contributed by atoms with Crippen LogP contribution >= 0.6 is 11.3 Å². The second-order valence-corrected chi connectivity index (χ2v) is 9.33. The lowest BCUT2D eigenvalue weighted by molar-refractivity contribution is -0.117. The lowest BCUT2D eigenvalue weighted by atomic mass is 10.1. The van der Waals surface area contributed by atoms with Crippen LogP contribution in [-0.4, -0.2) is 31.1 Å². The minimum atomic E-state index is -0.0429. The maximum Gasteiger partial charge on any atom is 0.237 e. The van der Waals surface area contributed by atoms with Gasteiger partial charge in [-0.2, -0.15) is 0 Å². The van der Waals surface area contributed by atoms with Crippen LogP contribution in [0.2, 0.25) is 0 Å². The highest BCUT2D eigenvalue weighted by Crippen LogP contribution is 2.35. The van der Waals surface area contributed by atoms with Gasteiger partial charge in [0, 0.05) is 10.9 Å². The molecule has 2 heterocycles.